The molecule has 3 heteroatoms. The summed E-state index contributed by atoms with van der Waals surface area (Å²) in [4.78, 5) is 0. The lowest BCUT2D eigenvalue weighted by Gasteiger charge is -2.21. The monoisotopic (exact) mass is 179 g/mol. The third-order valence-corrected chi connectivity index (χ3v) is 2.81. The average molecular weight is 179 g/mol. The Morgan fingerprint density at radius 3 is 2.92 bits per heavy atom. The molecule has 0 aliphatic heterocycles. The van der Waals surface area contributed by atoms with Gasteiger partial charge in [0.2, 0.25) is 0 Å². The molecule has 72 valence electrons. The highest BCUT2D eigenvalue weighted by molar-refractivity contribution is 5.31. The van der Waals surface area contributed by atoms with Crippen molar-refractivity contribution in [2.24, 2.45) is 5.92 Å². The maximum Gasteiger partial charge on any atom is 0.121 e. The molecule has 1 aromatic rings. The Morgan fingerprint density at radius 1 is 1.38 bits per heavy atom. The molecule has 0 aromatic carbocycles. The number of hydrogen-bond acceptors (Lipinski definition) is 2. The molecule has 1 aliphatic rings. The third-order valence-electron chi connectivity index (χ3n) is 2.81. The van der Waals surface area contributed by atoms with Gasteiger partial charge in [-0.15, -0.1) is 0 Å². The molecule has 1 aromatic heterocycles. The average Bonchev–Trinajstić information content (AvgIpc) is 2.69. The lowest BCUT2D eigenvalue weighted by atomic mass is 9.89. The molecular weight excluding hydrogens is 162 g/mol. The number of aromatic amines is 1. The van der Waals surface area contributed by atoms with Crippen molar-refractivity contribution < 1.29 is 0 Å². The predicted octanol–water partition coefficient (Wildman–Crippen LogP) is 2.40. The van der Waals surface area contributed by atoms with Crippen molar-refractivity contribution in [3.63, 3.8) is 0 Å². The summed E-state index contributed by atoms with van der Waals surface area (Å²) < 4.78 is 0. The van der Waals surface area contributed by atoms with E-state index in [2.05, 4.69) is 15.5 Å². The van der Waals surface area contributed by atoms with Gasteiger partial charge in [0.25, 0.3) is 0 Å². The largest absolute Gasteiger partial charge is 0.370 e. The quantitative estimate of drug-likeness (QED) is 0.748. The van der Waals surface area contributed by atoms with Crippen LogP contribution in [0.4, 0.5) is 5.82 Å². The minimum atomic E-state index is 0.872. The van der Waals surface area contributed by atoms with E-state index in [1.54, 1.807) is 6.20 Å². The maximum absolute atomic E-state index is 3.90. The normalized spacial score (nSPS) is 18.8. The van der Waals surface area contributed by atoms with Crippen molar-refractivity contribution >= 4 is 5.82 Å². The van der Waals surface area contributed by atoms with Gasteiger partial charge in [0, 0.05) is 6.54 Å². The lowest BCUT2D eigenvalue weighted by Crippen LogP contribution is -2.17. The summed E-state index contributed by atoms with van der Waals surface area (Å²) in [5, 5.41) is 10.2. The fraction of sp³-hybridized carbons (Fsp3) is 0.700. The van der Waals surface area contributed by atoms with Crippen LogP contribution in [0.25, 0.3) is 0 Å². The van der Waals surface area contributed by atoms with Crippen LogP contribution in [0.15, 0.2) is 12.3 Å². The zero-order valence-corrected chi connectivity index (χ0v) is 7.92. The Labute approximate surface area is 78.9 Å². The number of aromatic nitrogens is 2. The lowest BCUT2D eigenvalue weighted by molar-refractivity contribution is 0.373. The van der Waals surface area contributed by atoms with Crippen LogP contribution < -0.4 is 5.32 Å². The molecule has 0 radical (unpaired) electrons. The first-order valence-electron chi connectivity index (χ1n) is 5.18. The van der Waals surface area contributed by atoms with E-state index in [1.807, 2.05) is 6.07 Å². The highest BCUT2D eigenvalue weighted by Crippen LogP contribution is 2.23. The van der Waals surface area contributed by atoms with Gasteiger partial charge >= 0.3 is 0 Å². The number of hydrogen-bond donors (Lipinski definition) is 2. The standard InChI is InChI=1S/C10H17N3/c1-2-4-9(5-3-1)8-11-10-6-7-12-13-10/h6-7,9H,1-5,8H2,(H2,11,12,13). The van der Waals surface area contributed by atoms with Crippen LogP contribution >= 0.6 is 0 Å². The SMILES string of the molecule is c1cc(NCC2CCCCC2)[nH]n1. The number of nitrogens with zero attached hydrogens (tertiary/aromatic N) is 1. The second-order valence-electron chi connectivity index (χ2n) is 3.86. The molecule has 1 fully saturated rings. The van der Waals surface area contributed by atoms with E-state index >= 15 is 0 Å². The zero-order valence-electron chi connectivity index (χ0n) is 7.92. The van der Waals surface area contributed by atoms with E-state index in [1.165, 1.54) is 32.1 Å². The maximum atomic E-state index is 3.90. The molecule has 1 heterocycles. The Hall–Kier alpha value is -0.990. The molecule has 0 amide bonds. The molecule has 3 nitrogen and oxygen atoms in total. The van der Waals surface area contributed by atoms with Gasteiger partial charge < -0.3 is 5.32 Å². The van der Waals surface area contributed by atoms with E-state index in [4.69, 9.17) is 0 Å². The molecule has 0 bridgehead atoms. The molecule has 0 saturated heterocycles. The molecule has 1 saturated carbocycles. The van der Waals surface area contributed by atoms with Gasteiger partial charge in [-0.1, -0.05) is 19.3 Å². The van der Waals surface area contributed by atoms with E-state index in [0.29, 0.717) is 0 Å². The van der Waals surface area contributed by atoms with E-state index < -0.39 is 0 Å². The molecule has 1 aliphatic carbocycles. The van der Waals surface area contributed by atoms with Gasteiger partial charge in [-0.2, -0.15) is 5.10 Å². The van der Waals surface area contributed by atoms with Gasteiger partial charge in [0.1, 0.15) is 5.82 Å². The fourth-order valence-electron chi connectivity index (χ4n) is 2.00. The van der Waals surface area contributed by atoms with Gasteiger partial charge in [-0.05, 0) is 24.8 Å². The minimum Gasteiger partial charge on any atom is -0.370 e. The van der Waals surface area contributed by atoms with Crippen molar-refractivity contribution in [2.75, 3.05) is 11.9 Å². The number of nitrogens with one attached hydrogen (secondary N) is 2. The Morgan fingerprint density at radius 2 is 2.23 bits per heavy atom. The van der Waals surface area contributed by atoms with Gasteiger partial charge in [-0.25, -0.2) is 0 Å². The van der Waals surface area contributed by atoms with Crippen molar-refractivity contribution in [1.82, 2.24) is 10.2 Å². The Kier molecular flexibility index (Phi) is 2.85. The summed E-state index contributed by atoms with van der Waals surface area (Å²) in [6.07, 6.45) is 8.82. The minimum absolute atomic E-state index is 0.872. The summed E-state index contributed by atoms with van der Waals surface area (Å²) in [6.45, 7) is 1.10. The van der Waals surface area contributed by atoms with E-state index in [9.17, 15) is 0 Å². The summed E-state index contributed by atoms with van der Waals surface area (Å²) in [5.74, 6) is 1.92. The summed E-state index contributed by atoms with van der Waals surface area (Å²) in [5.41, 5.74) is 0. The smallest absolute Gasteiger partial charge is 0.121 e. The molecule has 13 heavy (non-hydrogen) atoms. The molecule has 0 atom stereocenters. The zero-order chi connectivity index (χ0) is 8.93. The summed E-state index contributed by atoms with van der Waals surface area (Å²) in [7, 11) is 0. The van der Waals surface area contributed by atoms with Crippen LogP contribution in [-0.4, -0.2) is 16.7 Å². The fourth-order valence-corrected chi connectivity index (χ4v) is 2.00. The van der Waals surface area contributed by atoms with Gasteiger partial charge in [-0.3, -0.25) is 5.10 Å². The van der Waals surface area contributed by atoms with Crippen molar-refractivity contribution in [1.29, 1.82) is 0 Å². The summed E-state index contributed by atoms with van der Waals surface area (Å²) >= 11 is 0. The van der Waals surface area contributed by atoms with Crippen molar-refractivity contribution in [2.45, 2.75) is 32.1 Å². The molecule has 2 rings (SSSR count). The topological polar surface area (TPSA) is 40.7 Å². The molecule has 0 unspecified atom stereocenters. The molecular formula is C10H17N3. The van der Waals surface area contributed by atoms with Crippen molar-refractivity contribution in [3.8, 4) is 0 Å². The second kappa shape index (κ2) is 4.30. The first-order chi connectivity index (χ1) is 6.45. The molecule has 2 N–H and O–H groups in total. The van der Waals surface area contributed by atoms with Crippen LogP contribution in [0.5, 0.6) is 0 Å². The van der Waals surface area contributed by atoms with Crippen LogP contribution in [0.1, 0.15) is 32.1 Å². The van der Waals surface area contributed by atoms with Crippen molar-refractivity contribution in [3.05, 3.63) is 12.3 Å². The first kappa shape index (κ1) is 8.60. The van der Waals surface area contributed by atoms with Crippen LogP contribution in [-0.2, 0) is 0 Å². The van der Waals surface area contributed by atoms with Crippen LogP contribution in [0.3, 0.4) is 0 Å². The van der Waals surface area contributed by atoms with Gasteiger partial charge in [0.05, 0.1) is 6.20 Å². The molecule has 0 spiro atoms. The Balaban J connectivity index is 1.72. The third kappa shape index (κ3) is 2.47. The highest BCUT2D eigenvalue weighted by Gasteiger charge is 2.12. The summed E-state index contributed by atoms with van der Waals surface area (Å²) in [6, 6.07) is 1.98. The van der Waals surface area contributed by atoms with Gasteiger partial charge in [0.15, 0.2) is 0 Å². The first-order valence-corrected chi connectivity index (χ1v) is 5.18. The number of H-pyrrole nitrogens is 1. The Bertz CT molecular complexity index is 224. The number of rotatable bonds is 3. The van der Waals surface area contributed by atoms with Crippen LogP contribution in [0.2, 0.25) is 0 Å². The van der Waals surface area contributed by atoms with E-state index in [0.717, 1.165) is 18.3 Å². The van der Waals surface area contributed by atoms with Crippen LogP contribution in [0, 0.1) is 5.92 Å². The second-order valence-corrected chi connectivity index (χ2v) is 3.86. The number of anilines is 1. The highest BCUT2D eigenvalue weighted by atomic mass is 15.2. The van der Waals surface area contributed by atoms with E-state index in [-0.39, 0.29) is 0 Å². The predicted molar refractivity (Wildman–Crippen MR) is 53.7 cm³/mol.